The van der Waals surface area contributed by atoms with Crippen molar-refractivity contribution in [3.05, 3.63) is 187 Å². The zero-order chi connectivity index (χ0) is 34.1. The first-order valence-electron chi connectivity index (χ1n) is 17.7. The maximum absolute atomic E-state index is 2.48. The molecule has 0 aliphatic heterocycles. The highest BCUT2D eigenvalue weighted by atomic mass is 32.1. The molecule has 1 aromatic heterocycles. The lowest BCUT2D eigenvalue weighted by atomic mass is 9.82. The summed E-state index contributed by atoms with van der Waals surface area (Å²) in [5.74, 6) is 0. The summed E-state index contributed by atoms with van der Waals surface area (Å²) in [6.45, 7) is 4.70. The van der Waals surface area contributed by atoms with Crippen LogP contribution >= 0.6 is 11.3 Å². The molecule has 0 amide bonds. The van der Waals surface area contributed by atoms with Gasteiger partial charge in [0.05, 0.1) is 5.69 Å². The second-order valence-electron chi connectivity index (χ2n) is 14.1. The fraction of sp³-hybridized carbons (Fsp3) is 0.0612. The molecule has 0 saturated carbocycles. The molecular weight excluding hydrogens is 635 g/mol. The van der Waals surface area contributed by atoms with E-state index < -0.39 is 0 Å². The van der Waals surface area contributed by atoms with Crippen molar-refractivity contribution in [1.29, 1.82) is 0 Å². The van der Waals surface area contributed by atoms with Gasteiger partial charge in [-0.05, 0) is 98.2 Å². The first-order valence-corrected chi connectivity index (χ1v) is 18.5. The molecule has 9 aromatic rings. The number of benzene rings is 8. The molecular formula is C49H35NS. The van der Waals surface area contributed by atoms with Gasteiger partial charge in [0, 0.05) is 42.5 Å². The maximum Gasteiger partial charge on any atom is 0.0546 e. The Balaban J connectivity index is 1.26. The minimum atomic E-state index is -0.0602. The summed E-state index contributed by atoms with van der Waals surface area (Å²) in [5, 5.41) is 5.09. The van der Waals surface area contributed by atoms with E-state index in [2.05, 4.69) is 195 Å². The fourth-order valence-electron chi connectivity index (χ4n) is 8.36. The van der Waals surface area contributed by atoms with Crippen LogP contribution in [0.15, 0.2) is 176 Å². The number of rotatable bonds is 5. The molecule has 0 atom stereocenters. The van der Waals surface area contributed by atoms with Crippen molar-refractivity contribution in [2.24, 2.45) is 0 Å². The van der Waals surface area contributed by atoms with Crippen molar-refractivity contribution >= 4 is 59.3 Å². The monoisotopic (exact) mass is 669 g/mol. The van der Waals surface area contributed by atoms with Crippen molar-refractivity contribution in [2.45, 2.75) is 19.3 Å². The third-order valence-electron chi connectivity index (χ3n) is 10.9. The zero-order valence-corrected chi connectivity index (χ0v) is 29.4. The average molecular weight is 670 g/mol. The van der Waals surface area contributed by atoms with Crippen LogP contribution in [0.2, 0.25) is 0 Å². The van der Waals surface area contributed by atoms with E-state index in [0.29, 0.717) is 0 Å². The predicted molar refractivity (Wildman–Crippen MR) is 220 cm³/mol. The number of hydrogen-bond donors (Lipinski definition) is 0. The molecule has 51 heavy (non-hydrogen) atoms. The zero-order valence-electron chi connectivity index (χ0n) is 28.6. The summed E-state index contributed by atoms with van der Waals surface area (Å²) in [6.07, 6.45) is 0. The molecule has 242 valence electrons. The smallest absolute Gasteiger partial charge is 0.0546 e. The van der Waals surface area contributed by atoms with E-state index in [9.17, 15) is 0 Å². The lowest BCUT2D eigenvalue weighted by molar-refractivity contribution is 0.660. The topological polar surface area (TPSA) is 3.24 Å². The Morgan fingerprint density at radius 3 is 2.04 bits per heavy atom. The highest BCUT2D eigenvalue weighted by Gasteiger charge is 2.35. The third kappa shape index (κ3) is 4.75. The van der Waals surface area contributed by atoms with Gasteiger partial charge in [0.2, 0.25) is 0 Å². The van der Waals surface area contributed by atoms with Crippen LogP contribution in [0.1, 0.15) is 25.0 Å². The molecule has 8 aromatic carbocycles. The van der Waals surface area contributed by atoms with Crippen molar-refractivity contribution < 1.29 is 0 Å². The lowest BCUT2D eigenvalue weighted by Gasteiger charge is -2.30. The predicted octanol–water partition coefficient (Wildman–Crippen LogP) is 14.3. The van der Waals surface area contributed by atoms with Crippen LogP contribution in [0, 0.1) is 0 Å². The molecule has 1 nitrogen and oxygen atoms in total. The Morgan fingerprint density at radius 2 is 1.14 bits per heavy atom. The summed E-state index contributed by atoms with van der Waals surface area (Å²) in [4.78, 5) is 2.48. The van der Waals surface area contributed by atoms with Crippen LogP contribution in [0.25, 0.3) is 64.3 Å². The molecule has 1 aliphatic rings. The van der Waals surface area contributed by atoms with Gasteiger partial charge in [-0.2, -0.15) is 0 Å². The average Bonchev–Trinajstić information content (AvgIpc) is 3.66. The molecule has 10 rings (SSSR count). The van der Waals surface area contributed by atoms with E-state index in [4.69, 9.17) is 0 Å². The van der Waals surface area contributed by atoms with E-state index in [1.54, 1.807) is 0 Å². The molecule has 1 aliphatic carbocycles. The van der Waals surface area contributed by atoms with Crippen molar-refractivity contribution in [3.8, 4) is 33.4 Å². The fourth-order valence-corrected chi connectivity index (χ4v) is 9.45. The number of thiophene rings is 1. The Labute approximate surface area is 302 Å². The molecule has 0 fully saturated rings. The summed E-state index contributed by atoms with van der Waals surface area (Å²) in [6, 6.07) is 65.0. The van der Waals surface area contributed by atoms with E-state index in [0.717, 1.165) is 17.1 Å². The Morgan fingerprint density at radius 1 is 0.431 bits per heavy atom. The largest absolute Gasteiger partial charge is 0.310 e. The first-order chi connectivity index (χ1) is 25.0. The van der Waals surface area contributed by atoms with Crippen LogP contribution in [0.3, 0.4) is 0 Å². The summed E-state index contributed by atoms with van der Waals surface area (Å²) >= 11 is 1.87. The van der Waals surface area contributed by atoms with Crippen LogP contribution in [0.5, 0.6) is 0 Å². The number of fused-ring (bicyclic) bond motifs is 7. The number of hydrogen-bond acceptors (Lipinski definition) is 2. The molecule has 1 heterocycles. The van der Waals surface area contributed by atoms with Gasteiger partial charge in [-0.1, -0.05) is 141 Å². The molecule has 0 radical (unpaired) electrons. The van der Waals surface area contributed by atoms with Crippen molar-refractivity contribution in [3.63, 3.8) is 0 Å². The minimum Gasteiger partial charge on any atom is -0.310 e. The van der Waals surface area contributed by atoms with Gasteiger partial charge >= 0.3 is 0 Å². The van der Waals surface area contributed by atoms with E-state index >= 15 is 0 Å². The number of nitrogens with zero attached hydrogens (tertiary/aromatic N) is 1. The van der Waals surface area contributed by atoms with Gasteiger partial charge in [-0.15, -0.1) is 11.3 Å². The van der Waals surface area contributed by atoms with Gasteiger partial charge in [-0.3, -0.25) is 0 Å². The van der Waals surface area contributed by atoms with Crippen LogP contribution in [-0.4, -0.2) is 0 Å². The van der Waals surface area contributed by atoms with Gasteiger partial charge in [-0.25, -0.2) is 0 Å². The van der Waals surface area contributed by atoms with Crippen LogP contribution < -0.4 is 4.90 Å². The molecule has 0 unspecified atom stereocenters. The molecule has 0 bridgehead atoms. The van der Waals surface area contributed by atoms with Gasteiger partial charge in [0.15, 0.2) is 0 Å². The van der Waals surface area contributed by atoms with E-state index in [1.807, 2.05) is 11.3 Å². The maximum atomic E-state index is 2.48. The highest BCUT2D eigenvalue weighted by Crippen LogP contribution is 2.52. The summed E-state index contributed by atoms with van der Waals surface area (Å²) in [7, 11) is 0. The molecule has 0 saturated heterocycles. The highest BCUT2D eigenvalue weighted by molar-refractivity contribution is 7.25. The van der Waals surface area contributed by atoms with Crippen molar-refractivity contribution in [1.82, 2.24) is 0 Å². The Kier molecular flexibility index (Phi) is 6.78. The summed E-state index contributed by atoms with van der Waals surface area (Å²) < 4.78 is 2.64. The SMILES string of the molecule is CC1(C)c2ccccc2-c2cc(N(c3cccc(-c4ccccc4)c3)c3ccc4ccccc4c3-c3ccc4sc5ccccc5c4c3)ccc21. The van der Waals surface area contributed by atoms with Gasteiger partial charge < -0.3 is 4.90 Å². The molecule has 2 heteroatoms. The second kappa shape index (κ2) is 11.6. The number of anilines is 3. The normalized spacial score (nSPS) is 13.1. The van der Waals surface area contributed by atoms with Gasteiger partial charge in [0.25, 0.3) is 0 Å². The van der Waals surface area contributed by atoms with E-state index in [1.165, 1.54) is 75.5 Å². The Hall–Kier alpha value is -5.96. The first kappa shape index (κ1) is 29.9. The Bertz CT molecular complexity index is 2790. The minimum absolute atomic E-state index is 0.0602. The summed E-state index contributed by atoms with van der Waals surface area (Å²) in [5.41, 5.74) is 13.6. The van der Waals surface area contributed by atoms with Crippen LogP contribution in [0.4, 0.5) is 17.1 Å². The van der Waals surface area contributed by atoms with Crippen molar-refractivity contribution in [2.75, 3.05) is 4.90 Å². The lowest BCUT2D eigenvalue weighted by Crippen LogP contribution is -2.15. The molecule has 0 spiro atoms. The third-order valence-corrected chi connectivity index (χ3v) is 12.0. The van der Waals surface area contributed by atoms with Gasteiger partial charge in [0.1, 0.15) is 0 Å². The molecule has 0 N–H and O–H groups in total. The quantitative estimate of drug-likeness (QED) is 0.176. The standard InChI is InChI=1S/C49H35NS/c1-49(2)43-21-10-8-19-39(43)41-31-37(25-26-44(41)49)50(36-17-12-16-34(29-36)32-13-4-3-5-14-32)45-27-23-33-15-6-7-18-38(33)48(45)35-24-28-47-42(30-35)40-20-9-11-22-46(40)51-47/h3-31H,1-2H3. The second-order valence-corrected chi connectivity index (χ2v) is 15.2. The van der Waals surface area contributed by atoms with E-state index in [-0.39, 0.29) is 5.41 Å². The van der Waals surface area contributed by atoms with Crippen LogP contribution in [-0.2, 0) is 5.41 Å².